The third kappa shape index (κ3) is 1.95. The van der Waals surface area contributed by atoms with Gasteiger partial charge in [0, 0.05) is 11.3 Å². The summed E-state index contributed by atoms with van der Waals surface area (Å²) in [5.41, 5.74) is 2.03. The van der Waals surface area contributed by atoms with Gasteiger partial charge in [-0.25, -0.2) is 0 Å². The highest BCUT2D eigenvalue weighted by molar-refractivity contribution is 6.12. The molecule has 0 spiro atoms. The van der Waals surface area contributed by atoms with E-state index in [0.29, 0.717) is 17.1 Å². The van der Waals surface area contributed by atoms with Crippen LogP contribution in [-0.2, 0) is 5.54 Å². The second-order valence-electron chi connectivity index (χ2n) is 5.79. The maximum absolute atomic E-state index is 12.9. The molecule has 3 rings (SSSR count). The van der Waals surface area contributed by atoms with E-state index in [1.807, 2.05) is 55.1 Å². The van der Waals surface area contributed by atoms with E-state index < -0.39 is 5.54 Å². The number of para-hydroxylation sites is 1. The lowest BCUT2D eigenvalue weighted by Crippen LogP contribution is -2.39. The molecule has 0 atom stereocenters. The van der Waals surface area contributed by atoms with Gasteiger partial charge in [0.1, 0.15) is 0 Å². The lowest BCUT2D eigenvalue weighted by atomic mass is 9.93. The zero-order valence-corrected chi connectivity index (χ0v) is 13.2. The number of fused-ring (bicyclic) bond motifs is 1. The summed E-state index contributed by atoms with van der Waals surface area (Å²) >= 11 is 0. The molecule has 0 bridgehead atoms. The summed E-state index contributed by atoms with van der Waals surface area (Å²) in [5.74, 6) is 1.18. The normalized spacial score (nSPS) is 15.6. The van der Waals surface area contributed by atoms with Crippen LogP contribution in [0.25, 0.3) is 0 Å². The monoisotopic (exact) mass is 297 g/mol. The predicted molar refractivity (Wildman–Crippen MR) is 85.8 cm³/mol. The number of hydrogen-bond donors (Lipinski definition) is 0. The number of ether oxygens (including phenoxy) is 2. The molecular weight excluding hydrogens is 278 g/mol. The zero-order chi connectivity index (χ0) is 15.9. The van der Waals surface area contributed by atoms with Crippen molar-refractivity contribution in [3.63, 3.8) is 0 Å². The first kappa shape index (κ1) is 14.4. The number of rotatable bonds is 3. The lowest BCUT2D eigenvalue weighted by Gasteiger charge is -2.32. The van der Waals surface area contributed by atoms with Crippen LogP contribution in [0.1, 0.15) is 29.8 Å². The molecule has 1 aliphatic rings. The number of carbonyl (C=O) groups excluding carboxylic acids is 1. The minimum Gasteiger partial charge on any atom is -0.493 e. The molecule has 114 valence electrons. The number of carbonyl (C=O) groups is 1. The van der Waals surface area contributed by atoms with Gasteiger partial charge in [0.05, 0.1) is 19.8 Å². The van der Waals surface area contributed by atoms with Crippen molar-refractivity contribution in [1.29, 1.82) is 0 Å². The van der Waals surface area contributed by atoms with E-state index in [2.05, 4.69) is 0 Å². The van der Waals surface area contributed by atoms with E-state index in [0.717, 1.165) is 11.3 Å². The van der Waals surface area contributed by atoms with Crippen LogP contribution in [0, 0.1) is 0 Å². The molecule has 0 radical (unpaired) electrons. The Labute approximate surface area is 130 Å². The fraction of sp³-hybridized carbons (Fsp3) is 0.278. The summed E-state index contributed by atoms with van der Waals surface area (Å²) in [4.78, 5) is 14.7. The molecule has 0 aromatic heterocycles. The summed E-state index contributed by atoms with van der Waals surface area (Å²) in [6, 6.07) is 13.4. The highest BCUT2D eigenvalue weighted by atomic mass is 16.5. The Morgan fingerprint density at radius 1 is 0.955 bits per heavy atom. The smallest absolute Gasteiger partial charge is 0.259 e. The first-order valence-electron chi connectivity index (χ1n) is 7.17. The number of benzene rings is 2. The van der Waals surface area contributed by atoms with Crippen molar-refractivity contribution in [2.75, 3.05) is 19.1 Å². The van der Waals surface area contributed by atoms with Gasteiger partial charge in [-0.05, 0) is 43.7 Å². The van der Waals surface area contributed by atoms with Crippen LogP contribution in [0.15, 0.2) is 42.5 Å². The summed E-state index contributed by atoms with van der Waals surface area (Å²) in [6.45, 7) is 4.07. The standard InChI is InChI=1S/C18H19NO3/c1-18(2)14-11-16(22-4)15(21-3)10-13(14)17(20)19(18)12-8-6-5-7-9-12/h5-11H,1-4H3. The van der Waals surface area contributed by atoms with Gasteiger partial charge in [-0.2, -0.15) is 0 Å². The Balaban J connectivity index is 2.18. The molecule has 0 N–H and O–H groups in total. The van der Waals surface area contributed by atoms with Crippen LogP contribution in [0.2, 0.25) is 0 Å². The van der Waals surface area contributed by atoms with Crippen molar-refractivity contribution in [2.45, 2.75) is 19.4 Å². The molecule has 22 heavy (non-hydrogen) atoms. The van der Waals surface area contributed by atoms with Crippen molar-refractivity contribution < 1.29 is 14.3 Å². The van der Waals surface area contributed by atoms with E-state index in [1.165, 1.54) is 0 Å². The molecule has 0 saturated carbocycles. The first-order chi connectivity index (χ1) is 10.5. The maximum Gasteiger partial charge on any atom is 0.259 e. The molecule has 0 unspecified atom stereocenters. The van der Waals surface area contributed by atoms with Crippen molar-refractivity contribution in [3.8, 4) is 11.5 Å². The van der Waals surface area contributed by atoms with Crippen LogP contribution in [-0.4, -0.2) is 20.1 Å². The number of methoxy groups -OCH3 is 2. The predicted octanol–water partition coefficient (Wildman–Crippen LogP) is 3.60. The summed E-state index contributed by atoms with van der Waals surface area (Å²) in [6.07, 6.45) is 0. The van der Waals surface area contributed by atoms with Gasteiger partial charge in [0.15, 0.2) is 11.5 Å². The Morgan fingerprint density at radius 3 is 2.14 bits per heavy atom. The summed E-state index contributed by atoms with van der Waals surface area (Å²) < 4.78 is 10.7. The highest BCUT2D eigenvalue weighted by Gasteiger charge is 2.44. The van der Waals surface area contributed by atoms with Crippen molar-refractivity contribution in [2.24, 2.45) is 0 Å². The molecule has 2 aromatic rings. The molecule has 4 heteroatoms. The minimum atomic E-state index is -0.451. The molecule has 0 saturated heterocycles. The fourth-order valence-electron chi connectivity index (χ4n) is 3.07. The van der Waals surface area contributed by atoms with Gasteiger partial charge in [-0.15, -0.1) is 0 Å². The van der Waals surface area contributed by atoms with Crippen molar-refractivity contribution in [1.82, 2.24) is 0 Å². The van der Waals surface area contributed by atoms with Crippen molar-refractivity contribution >= 4 is 11.6 Å². The Morgan fingerprint density at radius 2 is 1.55 bits per heavy atom. The molecule has 1 aliphatic heterocycles. The van der Waals surface area contributed by atoms with Crippen LogP contribution < -0.4 is 14.4 Å². The molecule has 1 amide bonds. The topological polar surface area (TPSA) is 38.8 Å². The van der Waals surface area contributed by atoms with Crippen LogP contribution >= 0.6 is 0 Å². The SMILES string of the molecule is COc1cc2c(cc1OC)C(C)(C)N(c1ccccc1)C2=O. The third-order valence-electron chi connectivity index (χ3n) is 4.19. The van der Waals surface area contributed by atoms with Gasteiger partial charge in [0.2, 0.25) is 0 Å². The van der Waals surface area contributed by atoms with E-state index in [9.17, 15) is 4.79 Å². The Hall–Kier alpha value is -2.49. The van der Waals surface area contributed by atoms with Gasteiger partial charge in [0.25, 0.3) is 5.91 Å². The Kier molecular flexibility index (Phi) is 3.32. The Bertz CT molecular complexity index is 723. The minimum absolute atomic E-state index is 0.0212. The van der Waals surface area contributed by atoms with Crippen LogP contribution in [0.3, 0.4) is 0 Å². The number of nitrogens with zero attached hydrogens (tertiary/aromatic N) is 1. The largest absolute Gasteiger partial charge is 0.493 e. The summed E-state index contributed by atoms with van der Waals surface area (Å²) in [5, 5.41) is 0. The molecular formula is C18H19NO3. The van der Waals surface area contributed by atoms with Crippen LogP contribution in [0.4, 0.5) is 5.69 Å². The van der Waals surface area contributed by atoms with Gasteiger partial charge in [-0.1, -0.05) is 18.2 Å². The van der Waals surface area contributed by atoms with Gasteiger partial charge < -0.3 is 9.47 Å². The lowest BCUT2D eigenvalue weighted by molar-refractivity contribution is 0.0982. The van der Waals surface area contributed by atoms with Gasteiger partial charge >= 0.3 is 0 Å². The molecule has 0 fully saturated rings. The van der Waals surface area contributed by atoms with Crippen molar-refractivity contribution in [3.05, 3.63) is 53.6 Å². The van der Waals surface area contributed by atoms with Gasteiger partial charge in [-0.3, -0.25) is 9.69 Å². The number of hydrogen-bond acceptors (Lipinski definition) is 3. The number of amides is 1. The quantitative estimate of drug-likeness (QED) is 0.869. The average molecular weight is 297 g/mol. The highest BCUT2D eigenvalue weighted by Crippen LogP contribution is 2.45. The average Bonchev–Trinajstić information content (AvgIpc) is 2.73. The second-order valence-corrected chi connectivity index (χ2v) is 5.79. The molecule has 4 nitrogen and oxygen atoms in total. The van der Waals surface area contributed by atoms with Crippen LogP contribution in [0.5, 0.6) is 11.5 Å². The molecule has 0 aliphatic carbocycles. The second kappa shape index (κ2) is 5.05. The number of anilines is 1. The molecule has 1 heterocycles. The first-order valence-corrected chi connectivity index (χ1v) is 7.17. The van der Waals surface area contributed by atoms with E-state index in [1.54, 1.807) is 20.3 Å². The zero-order valence-electron chi connectivity index (χ0n) is 13.2. The fourth-order valence-corrected chi connectivity index (χ4v) is 3.07. The van der Waals surface area contributed by atoms with E-state index in [-0.39, 0.29) is 5.91 Å². The van der Waals surface area contributed by atoms with E-state index >= 15 is 0 Å². The molecule has 2 aromatic carbocycles. The third-order valence-corrected chi connectivity index (χ3v) is 4.19. The maximum atomic E-state index is 12.9. The van der Waals surface area contributed by atoms with E-state index in [4.69, 9.17) is 9.47 Å². The summed E-state index contributed by atoms with van der Waals surface area (Å²) in [7, 11) is 3.17.